The number of benzene rings is 1. The summed E-state index contributed by atoms with van der Waals surface area (Å²) in [7, 11) is 0. The molecule has 4 nitrogen and oxygen atoms in total. The van der Waals surface area contributed by atoms with Gasteiger partial charge in [-0.05, 0) is 44.8 Å². The molecule has 0 aliphatic carbocycles. The fourth-order valence-corrected chi connectivity index (χ4v) is 3.71. The molecule has 0 bridgehead atoms. The minimum absolute atomic E-state index is 0. The molecule has 0 aromatic heterocycles. The number of carbonyl (C=O) groups is 1. The Balaban J connectivity index is 0.00000208. The van der Waals surface area contributed by atoms with Crippen molar-refractivity contribution in [3.8, 4) is 0 Å². The number of amides is 1. The molecule has 1 aromatic rings. The maximum atomic E-state index is 12.8. The van der Waals surface area contributed by atoms with E-state index >= 15 is 0 Å². The first kappa shape index (κ1) is 19.2. The second-order valence-corrected chi connectivity index (χ2v) is 6.94. The van der Waals surface area contributed by atoms with Gasteiger partial charge in [-0.25, -0.2) is 0 Å². The number of nitrogens with zero attached hydrogens (tertiary/aromatic N) is 2. The van der Waals surface area contributed by atoms with Gasteiger partial charge in [-0.2, -0.15) is 0 Å². The summed E-state index contributed by atoms with van der Waals surface area (Å²) in [4.78, 5) is 17.4. The SMILES string of the molecule is CC1CCN(C(=O)C2CCNCC2)CCN1Cc1ccccc1.Cl. The Morgan fingerprint density at radius 2 is 1.79 bits per heavy atom. The van der Waals surface area contributed by atoms with Crippen LogP contribution in [0.4, 0.5) is 0 Å². The van der Waals surface area contributed by atoms with E-state index in [1.807, 2.05) is 0 Å². The van der Waals surface area contributed by atoms with Crippen LogP contribution in [0.3, 0.4) is 0 Å². The second-order valence-electron chi connectivity index (χ2n) is 6.94. The van der Waals surface area contributed by atoms with Crippen molar-refractivity contribution < 1.29 is 4.79 Å². The first-order chi connectivity index (χ1) is 11.2. The van der Waals surface area contributed by atoms with Crippen molar-refractivity contribution in [3.05, 3.63) is 35.9 Å². The van der Waals surface area contributed by atoms with Crippen LogP contribution in [-0.4, -0.2) is 54.5 Å². The average molecular weight is 352 g/mol. The van der Waals surface area contributed by atoms with E-state index in [0.717, 1.165) is 58.5 Å². The standard InChI is InChI=1S/C19H29N3O.ClH/c1-16-9-12-21(19(23)18-7-10-20-11-8-18)13-14-22(16)15-17-5-3-2-4-6-17;/h2-6,16,18,20H,7-15H2,1H3;1H. The molecule has 1 unspecified atom stereocenters. The van der Waals surface area contributed by atoms with Crippen LogP contribution in [0.25, 0.3) is 0 Å². The van der Waals surface area contributed by atoms with Gasteiger partial charge in [0.25, 0.3) is 0 Å². The highest BCUT2D eigenvalue weighted by molar-refractivity contribution is 5.85. The van der Waals surface area contributed by atoms with Crippen LogP contribution >= 0.6 is 12.4 Å². The molecule has 1 amide bonds. The van der Waals surface area contributed by atoms with Gasteiger partial charge >= 0.3 is 0 Å². The third-order valence-corrected chi connectivity index (χ3v) is 5.33. The lowest BCUT2D eigenvalue weighted by atomic mass is 9.96. The Morgan fingerprint density at radius 3 is 2.50 bits per heavy atom. The van der Waals surface area contributed by atoms with E-state index in [2.05, 4.69) is 52.4 Å². The lowest BCUT2D eigenvalue weighted by Crippen LogP contribution is -2.42. The highest BCUT2D eigenvalue weighted by Gasteiger charge is 2.29. The average Bonchev–Trinajstić information content (AvgIpc) is 2.78. The second kappa shape index (κ2) is 9.40. The molecule has 2 fully saturated rings. The molecule has 24 heavy (non-hydrogen) atoms. The first-order valence-electron chi connectivity index (χ1n) is 9.01. The zero-order chi connectivity index (χ0) is 16.1. The van der Waals surface area contributed by atoms with E-state index in [4.69, 9.17) is 0 Å². The van der Waals surface area contributed by atoms with Crippen LogP contribution in [0, 0.1) is 5.92 Å². The van der Waals surface area contributed by atoms with Crippen LogP contribution in [0.15, 0.2) is 30.3 Å². The smallest absolute Gasteiger partial charge is 0.225 e. The molecule has 2 saturated heterocycles. The summed E-state index contributed by atoms with van der Waals surface area (Å²) < 4.78 is 0. The molecule has 0 radical (unpaired) electrons. The molecule has 3 rings (SSSR count). The van der Waals surface area contributed by atoms with Crippen molar-refractivity contribution >= 4 is 18.3 Å². The number of halogens is 1. The number of nitrogens with one attached hydrogen (secondary N) is 1. The molecule has 1 N–H and O–H groups in total. The predicted octanol–water partition coefficient (Wildman–Crippen LogP) is 2.53. The molecule has 2 aliphatic rings. The van der Waals surface area contributed by atoms with E-state index in [1.54, 1.807) is 0 Å². The van der Waals surface area contributed by atoms with Crippen molar-refractivity contribution in [2.45, 2.75) is 38.8 Å². The molecule has 1 atom stereocenters. The largest absolute Gasteiger partial charge is 0.341 e. The summed E-state index contributed by atoms with van der Waals surface area (Å²) in [5, 5.41) is 3.35. The molecule has 0 spiro atoms. The van der Waals surface area contributed by atoms with Gasteiger partial charge in [0.2, 0.25) is 5.91 Å². The van der Waals surface area contributed by atoms with Crippen LogP contribution in [0.5, 0.6) is 0 Å². The van der Waals surface area contributed by atoms with E-state index in [0.29, 0.717) is 11.9 Å². The lowest BCUT2D eigenvalue weighted by molar-refractivity contribution is -0.136. The van der Waals surface area contributed by atoms with Gasteiger partial charge in [0, 0.05) is 38.1 Å². The summed E-state index contributed by atoms with van der Waals surface area (Å²) in [5.74, 6) is 0.632. The van der Waals surface area contributed by atoms with Gasteiger partial charge in [-0.1, -0.05) is 30.3 Å². The molecule has 5 heteroatoms. The molecule has 134 valence electrons. The molecule has 0 saturated carbocycles. The summed E-state index contributed by atoms with van der Waals surface area (Å²) in [6, 6.07) is 11.2. The lowest BCUT2D eigenvalue weighted by Gasteiger charge is -2.29. The Hall–Kier alpha value is -1.10. The molecular formula is C19H30ClN3O. The minimum Gasteiger partial charge on any atom is -0.341 e. The van der Waals surface area contributed by atoms with Crippen molar-refractivity contribution in [1.29, 1.82) is 0 Å². The molecule has 2 aliphatic heterocycles. The Morgan fingerprint density at radius 1 is 1.08 bits per heavy atom. The monoisotopic (exact) mass is 351 g/mol. The Labute approximate surface area is 152 Å². The molecular weight excluding hydrogens is 322 g/mol. The number of rotatable bonds is 3. The Bertz CT molecular complexity index is 505. The third kappa shape index (κ3) is 4.95. The predicted molar refractivity (Wildman–Crippen MR) is 100 cm³/mol. The van der Waals surface area contributed by atoms with E-state index in [1.165, 1.54) is 5.56 Å². The van der Waals surface area contributed by atoms with Crippen LogP contribution in [0.2, 0.25) is 0 Å². The van der Waals surface area contributed by atoms with Gasteiger partial charge in [0.05, 0.1) is 0 Å². The van der Waals surface area contributed by atoms with Crippen molar-refractivity contribution in [3.63, 3.8) is 0 Å². The van der Waals surface area contributed by atoms with Gasteiger partial charge < -0.3 is 10.2 Å². The van der Waals surface area contributed by atoms with Crippen molar-refractivity contribution in [1.82, 2.24) is 15.1 Å². The quantitative estimate of drug-likeness (QED) is 0.909. The highest BCUT2D eigenvalue weighted by Crippen LogP contribution is 2.19. The molecule has 2 heterocycles. The first-order valence-corrected chi connectivity index (χ1v) is 9.01. The van der Waals surface area contributed by atoms with Gasteiger partial charge in [-0.15, -0.1) is 12.4 Å². The summed E-state index contributed by atoms with van der Waals surface area (Å²) in [6.07, 6.45) is 3.07. The number of carbonyl (C=O) groups excluding carboxylic acids is 1. The maximum absolute atomic E-state index is 12.8. The van der Waals surface area contributed by atoms with E-state index in [9.17, 15) is 4.79 Å². The van der Waals surface area contributed by atoms with Gasteiger partial charge in [0.1, 0.15) is 0 Å². The fourth-order valence-electron chi connectivity index (χ4n) is 3.71. The third-order valence-electron chi connectivity index (χ3n) is 5.33. The number of piperidine rings is 1. The minimum atomic E-state index is 0. The number of hydrogen-bond acceptors (Lipinski definition) is 3. The Kier molecular flexibility index (Phi) is 7.53. The van der Waals surface area contributed by atoms with Crippen molar-refractivity contribution in [2.75, 3.05) is 32.7 Å². The topological polar surface area (TPSA) is 35.6 Å². The highest BCUT2D eigenvalue weighted by atomic mass is 35.5. The van der Waals surface area contributed by atoms with Crippen LogP contribution in [0.1, 0.15) is 31.7 Å². The maximum Gasteiger partial charge on any atom is 0.225 e. The summed E-state index contributed by atoms with van der Waals surface area (Å²) in [5.41, 5.74) is 1.36. The van der Waals surface area contributed by atoms with E-state index in [-0.39, 0.29) is 18.3 Å². The normalized spacial score (nSPS) is 23.4. The molecule has 1 aromatic carbocycles. The van der Waals surface area contributed by atoms with Crippen molar-refractivity contribution in [2.24, 2.45) is 5.92 Å². The summed E-state index contributed by atoms with van der Waals surface area (Å²) >= 11 is 0. The van der Waals surface area contributed by atoms with Gasteiger partial charge in [-0.3, -0.25) is 9.69 Å². The summed E-state index contributed by atoms with van der Waals surface area (Å²) in [6.45, 7) is 8.02. The number of hydrogen-bond donors (Lipinski definition) is 1. The van der Waals surface area contributed by atoms with Crippen LogP contribution < -0.4 is 5.32 Å². The zero-order valence-corrected chi connectivity index (χ0v) is 15.4. The van der Waals surface area contributed by atoms with Crippen LogP contribution in [-0.2, 0) is 11.3 Å². The van der Waals surface area contributed by atoms with Gasteiger partial charge in [0.15, 0.2) is 0 Å². The fraction of sp³-hybridized carbons (Fsp3) is 0.632. The zero-order valence-electron chi connectivity index (χ0n) is 14.6. The van der Waals surface area contributed by atoms with E-state index < -0.39 is 0 Å².